The number of benzene rings is 3. The second-order valence-electron chi connectivity index (χ2n) is 13.6. The number of tetrazole rings is 1. The molecule has 2 saturated heterocycles. The predicted octanol–water partition coefficient (Wildman–Crippen LogP) is 4.82. The van der Waals surface area contributed by atoms with Gasteiger partial charge in [0.2, 0.25) is 5.95 Å². The number of nitrogens with zero attached hydrogens (tertiary/aromatic N) is 9. The lowest BCUT2D eigenvalue weighted by Gasteiger charge is -2.33. The number of hydrogen-bond donors (Lipinski definition) is 0. The van der Waals surface area contributed by atoms with Crippen LogP contribution in [0.5, 0.6) is 5.75 Å². The van der Waals surface area contributed by atoms with E-state index in [9.17, 15) is 4.79 Å². The van der Waals surface area contributed by atoms with Gasteiger partial charge in [0, 0.05) is 44.7 Å². The van der Waals surface area contributed by atoms with E-state index in [4.69, 9.17) is 9.72 Å². The highest BCUT2D eigenvalue weighted by molar-refractivity contribution is 5.98. The molecule has 11 nitrogen and oxygen atoms in total. The molecule has 5 aromatic rings. The van der Waals surface area contributed by atoms with Crippen LogP contribution in [0.3, 0.4) is 0 Å². The molecule has 4 heterocycles. The average molecular weight is 646 g/mol. The fraction of sp³-hybridized carbons (Fsp3) is 0.432. The summed E-state index contributed by atoms with van der Waals surface area (Å²) < 4.78 is 9.67. The van der Waals surface area contributed by atoms with E-state index in [2.05, 4.69) is 84.5 Å². The van der Waals surface area contributed by atoms with Gasteiger partial charge < -0.3 is 24.0 Å². The van der Waals surface area contributed by atoms with Crippen molar-refractivity contribution in [2.75, 3.05) is 57.8 Å². The number of para-hydroxylation sites is 2. The van der Waals surface area contributed by atoms with Crippen LogP contribution in [0.4, 0.5) is 5.95 Å². The largest absolute Gasteiger partial charge is 0.496 e. The van der Waals surface area contributed by atoms with Crippen molar-refractivity contribution in [1.29, 1.82) is 0 Å². The summed E-state index contributed by atoms with van der Waals surface area (Å²) in [5.74, 6) is 2.44. The molecule has 0 radical (unpaired) electrons. The molecule has 1 aliphatic carbocycles. The zero-order valence-electron chi connectivity index (χ0n) is 27.6. The van der Waals surface area contributed by atoms with Crippen LogP contribution in [-0.2, 0) is 12.0 Å². The first-order valence-corrected chi connectivity index (χ1v) is 17.3. The van der Waals surface area contributed by atoms with Crippen LogP contribution in [0.2, 0.25) is 0 Å². The highest BCUT2D eigenvalue weighted by Gasteiger charge is 2.42. The summed E-state index contributed by atoms with van der Waals surface area (Å²) in [6.07, 6.45) is 7.19. The fourth-order valence-electron chi connectivity index (χ4n) is 7.69. The van der Waals surface area contributed by atoms with Gasteiger partial charge in [-0.15, -0.1) is 5.10 Å². The molecule has 1 amide bonds. The lowest BCUT2D eigenvalue weighted by Crippen LogP contribution is -2.39. The van der Waals surface area contributed by atoms with Gasteiger partial charge in [-0.3, -0.25) is 4.79 Å². The number of hydrogen-bond acceptors (Lipinski definition) is 8. The Morgan fingerprint density at radius 2 is 1.81 bits per heavy atom. The third-order valence-corrected chi connectivity index (χ3v) is 10.6. The van der Waals surface area contributed by atoms with Gasteiger partial charge in [-0.2, -0.15) is 0 Å². The Labute approximate surface area is 281 Å². The van der Waals surface area contributed by atoms with Crippen molar-refractivity contribution in [1.82, 2.24) is 39.6 Å². The molecule has 1 unspecified atom stereocenters. The van der Waals surface area contributed by atoms with Gasteiger partial charge >= 0.3 is 0 Å². The summed E-state index contributed by atoms with van der Waals surface area (Å²) >= 11 is 0. The Morgan fingerprint density at radius 3 is 2.62 bits per heavy atom. The standard InChI is InChI=1S/C37H43N9O2/c1-48-34-15-14-30(46-27-38-40-41-46)24-31(34)35(47)44-21-17-37(26-44,29-8-3-2-4-9-29)16-20-42-18-7-19-43(23-22-42)36-39-32-10-5-6-11-33(32)45(36)25-28-12-13-28/h2-6,8-11,14-15,24,27-28H,7,12-13,16-23,25-26H2,1H3. The zero-order chi connectivity index (χ0) is 32.5. The van der Waals surface area contributed by atoms with Crippen molar-refractivity contribution >= 4 is 22.9 Å². The maximum absolute atomic E-state index is 14.1. The lowest BCUT2D eigenvalue weighted by atomic mass is 9.76. The third kappa shape index (κ3) is 6.03. The van der Waals surface area contributed by atoms with Gasteiger partial charge in [0.1, 0.15) is 12.1 Å². The van der Waals surface area contributed by atoms with Crippen LogP contribution >= 0.6 is 0 Å². The molecule has 48 heavy (non-hydrogen) atoms. The number of anilines is 1. The summed E-state index contributed by atoms with van der Waals surface area (Å²) in [6.45, 7) is 7.46. The maximum atomic E-state index is 14.1. The number of amides is 1. The van der Waals surface area contributed by atoms with E-state index in [1.807, 2.05) is 23.1 Å². The number of ether oxygens (including phenoxy) is 1. The quantitative estimate of drug-likeness (QED) is 0.214. The molecule has 0 spiro atoms. The van der Waals surface area contributed by atoms with Crippen molar-refractivity contribution in [2.24, 2.45) is 5.92 Å². The Balaban J connectivity index is 0.983. The van der Waals surface area contributed by atoms with E-state index in [0.29, 0.717) is 24.4 Å². The van der Waals surface area contributed by atoms with Crippen LogP contribution in [0.15, 0.2) is 79.1 Å². The van der Waals surface area contributed by atoms with E-state index in [1.165, 1.54) is 30.2 Å². The summed E-state index contributed by atoms with van der Waals surface area (Å²) in [5, 5.41) is 11.5. The van der Waals surface area contributed by atoms with Crippen LogP contribution < -0.4 is 9.64 Å². The van der Waals surface area contributed by atoms with Crippen LogP contribution in [0, 0.1) is 5.92 Å². The fourth-order valence-corrected chi connectivity index (χ4v) is 7.69. The van der Waals surface area contributed by atoms with E-state index >= 15 is 0 Å². The first kappa shape index (κ1) is 30.6. The minimum atomic E-state index is -0.123. The second kappa shape index (κ2) is 13.0. The summed E-state index contributed by atoms with van der Waals surface area (Å²) in [4.78, 5) is 26.4. The Hall–Kier alpha value is -4.77. The topological polar surface area (TPSA) is 97.4 Å². The molecule has 2 aromatic heterocycles. The number of likely N-dealkylation sites (tertiary alicyclic amines) is 1. The highest BCUT2D eigenvalue weighted by Crippen LogP contribution is 2.40. The average Bonchev–Trinajstić information content (AvgIpc) is 3.49. The minimum absolute atomic E-state index is 0.0286. The number of rotatable bonds is 10. The number of carbonyl (C=O) groups excluding carboxylic acids is 1. The smallest absolute Gasteiger partial charge is 0.257 e. The monoisotopic (exact) mass is 645 g/mol. The van der Waals surface area contributed by atoms with E-state index in [0.717, 1.165) is 81.6 Å². The highest BCUT2D eigenvalue weighted by atomic mass is 16.5. The summed E-state index contributed by atoms with van der Waals surface area (Å²) in [5.41, 5.74) is 4.78. The van der Waals surface area contributed by atoms with Gasteiger partial charge in [0.05, 0.1) is 29.4 Å². The van der Waals surface area contributed by atoms with Gasteiger partial charge in [-0.05, 0) is 97.4 Å². The number of methoxy groups -OCH3 is 1. The van der Waals surface area contributed by atoms with Crippen LogP contribution in [0.25, 0.3) is 16.7 Å². The number of fused-ring (bicyclic) bond motifs is 1. The first-order valence-electron chi connectivity index (χ1n) is 17.3. The van der Waals surface area contributed by atoms with Gasteiger partial charge in [-0.25, -0.2) is 9.67 Å². The molecular weight excluding hydrogens is 602 g/mol. The van der Waals surface area contributed by atoms with Crippen molar-refractivity contribution in [3.8, 4) is 11.4 Å². The number of aromatic nitrogens is 6. The molecule has 3 fully saturated rings. The van der Waals surface area contributed by atoms with E-state index < -0.39 is 0 Å². The van der Waals surface area contributed by atoms with Crippen molar-refractivity contribution in [3.63, 3.8) is 0 Å². The molecule has 1 saturated carbocycles. The Kier molecular flexibility index (Phi) is 8.29. The molecule has 0 N–H and O–H groups in total. The lowest BCUT2D eigenvalue weighted by molar-refractivity contribution is 0.0777. The molecule has 0 bridgehead atoms. The molecule has 1 atom stereocenters. The molecule has 3 aliphatic rings. The van der Waals surface area contributed by atoms with Crippen molar-refractivity contribution in [2.45, 2.75) is 44.1 Å². The molecular formula is C37H43N9O2. The maximum Gasteiger partial charge on any atom is 0.257 e. The normalized spacial score (nSPS) is 20.4. The Bertz CT molecular complexity index is 1870. The van der Waals surface area contributed by atoms with Crippen LogP contribution in [-0.4, -0.2) is 98.4 Å². The molecule has 8 rings (SSSR count). The molecule has 11 heteroatoms. The van der Waals surface area contributed by atoms with E-state index in [-0.39, 0.29) is 11.3 Å². The number of carbonyl (C=O) groups is 1. The molecule has 248 valence electrons. The summed E-state index contributed by atoms with van der Waals surface area (Å²) in [7, 11) is 1.60. The first-order chi connectivity index (χ1) is 23.6. The van der Waals surface area contributed by atoms with Crippen molar-refractivity contribution in [3.05, 3.63) is 90.3 Å². The zero-order valence-corrected chi connectivity index (χ0v) is 27.6. The second-order valence-corrected chi connectivity index (χ2v) is 13.6. The van der Waals surface area contributed by atoms with Gasteiger partial charge in [0.25, 0.3) is 5.91 Å². The Morgan fingerprint density at radius 1 is 0.958 bits per heavy atom. The van der Waals surface area contributed by atoms with Gasteiger partial charge in [0.15, 0.2) is 0 Å². The predicted molar refractivity (Wildman–Crippen MR) is 185 cm³/mol. The number of imidazole rings is 1. The molecule has 2 aliphatic heterocycles. The minimum Gasteiger partial charge on any atom is -0.496 e. The van der Waals surface area contributed by atoms with Crippen molar-refractivity contribution < 1.29 is 9.53 Å². The third-order valence-electron chi connectivity index (χ3n) is 10.6. The summed E-state index contributed by atoms with van der Waals surface area (Å²) in [6, 6.07) is 24.9. The van der Waals surface area contributed by atoms with Gasteiger partial charge in [-0.1, -0.05) is 42.5 Å². The SMILES string of the molecule is COc1ccc(-n2cnnn2)cc1C(=O)N1CCC(CCN2CCCN(c3nc4ccccc4n3CC3CC3)CC2)(c2ccccc2)C1. The van der Waals surface area contributed by atoms with E-state index in [1.54, 1.807) is 11.8 Å². The van der Waals surface area contributed by atoms with Crippen LogP contribution in [0.1, 0.15) is 48.0 Å². The molecule has 3 aromatic carbocycles.